The molecule has 1 aromatic heterocycles. The molecule has 2 amide bonds. The highest BCUT2D eigenvalue weighted by molar-refractivity contribution is 6.30. The minimum Gasteiger partial charge on any atom is -0.334 e. The molecule has 0 spiro atoms. The third kappa shape index (κ3) is 5.59. The lowest BCUT2D eigenvalue weighted by Gasteiger charge is -2.39. The number of aromatic nitrogens is 2. The summed E-state index contributed by atoms with van der Waals surface area (Å²) in [6, 6.07) is 19.8. The maximum atomic E-state index is 13.6. The highest BCUT2D eigenvalue weighted by atomic mass is 35.5. The van der Waals surface area contributed by atoms with Crippen LogP contribution in [-0.2, 0) is 4.79 Å². The van der Waals surface area contributed by atoms with Gasteiger partial charge in [0.15, 0.2) is 0 Å². The fraction of sp³-hybridized carbons (Fsp3) is 0.433. The molecule has 0 aliphatic carbocycles. The van der Waals surface area contributed by atoms with Gasteiger partial charge in [0.1, 0.15) is 12.2 Å². The largest absolute Gasteiger partial charge is 0.334 e. The van der Waals surface area contributed by atoms with E-state index in [0.29, 0.717) is 17.3 Å². The molecule has 7 heteroatoms. The smallest absolute Gasteiger partial charge is 0.272 e. The molecule has 2 unspecified atom stereocenters. The zero-order valence-corrected chi connectivity index (χ0v) is 22.2. The molecule has 1 saturated heterocycles. The predicted octanol–water partition coefficient (Wildman–Crippen LogP) is 6.53. The first kappa shape index (κ1) is 25.5. The van der Waals surface area contributed by atoms with Crippen molar-refractivity contribution >= 4 is 23.4 Å². The summed E-state index contributed by atoms with van der Waals surface area (Å²) in [5.41, 5.74) is 3.41. The van der Waals surface area contributed by atoms with Crippen molar-refractivity contribution < 1.29 is 9.59 Å². The predicted molar refractivity (Wildman–Crippen MR) is 147 cm³/mol. The number of likely N-dealkylation sites (tertiary alicyclic amines) is 1. The van der Waals surface area contributed by atoms with Gasteiger partial charge in [0.25, 0.3) is 5.91 Å². The molecule has 6 nitrogen and oxygen atoms in total. The van der Waals surface area contributed by atoms with Crippen LogP contribution in [-0.4, -0.2) is 51.0 Å². The first-order valence-electron chi connectivity index (χ1n) is 13.5. The third-order valence-corrected chi connectivity index (χ3v) is 7.89. The molecule has 1 fully saturated rings. The number of hydrogen-bond donors (Lipinski definition) is 0. The summed E-state index contributed by atoms with van der Waals surface area (Å²) >= 11 is 6.08. The molecule has 0 bridgehead atoms. The molecular formula is C30H35ClN4O2. The molecule has 2 aromatic carbocycles. The van der Waals surface area contributed by atoms with Gasteiger partial charge >= 0.3 is 0 Å². The van der Waals surface area contributed by atoms with Gasteiger partial charge in [-0.2, -0.15) is 5.10 Å². The Labute approximate surface area is 224 Å². The van der Waals surface area contributed by atoms with E-state index in [4.69, 9.17) is 16.7 Å². The average Bonchev–Trinajstić information content (AvgIpc) is 3.38. The van der Waals surface area contributed by atoms with Crippen LogP contribution in [0.15, 0.2) is 60.7 Å². The minimum atomic E-state index is -0.124. The zero-order chi connectivity index (χ0) is 25.8. The van der Waals surface area contributed by atoms with Gasteiger partial charge < -0.3 is 9.80 Å². The summed E-state index contributed by atoms with van der Waals surface area (Å²) in [6.45, 7) is 3.54. The van der Waals surface area contributed by atoms with Crippen LogP contribution < -0.4 is 0 Å². The summed E-state index contributed by atoms with van der Waals surface area (Å²) in [5.74, 6) is -0.0961. The Bertz CT molecular complexity index is 1220. The van der Waals surface area contributed by atoms with Gasteiger partial charge in [0.05, 0.1) is 17.8 Å². The standard InChI is InChI=1S/C30H35ClN4O2/c1-2-3-5-12-25-20-33(21-29(36)34-18-9-8-13-27(34)23-10-6-4-7-11-23)30(37)28-19-26(32-35(25)28)22-14-16-24(31)17-15-22/h4,6-7,10-11,14-17,19,25,27H,2-3,5,8-9,12-13,18,20-21H2,1H3. The molecule has 3 heterocycles. The van der Waals surface area contributed by atoms with Crippen LogP contribution in [0.5, 0.6) is 0 Å². The molecule has 0 saturated carbocycles. The number of amides is 2. The van der Waals surface area contributed by atoms with Crippen molar-refractivity contribution in [3.8, 4) is 11.3 Å². The first-order chi connectivity index (χ1) is 18.0. The van der Waals surface area contributed by atoms with Crippen molar-refractivity contribution in [1.82, 2.24) is 19.6 Å². The first-order valence-corrected chi connectivity index (χ1v) is 13.9. The van der Waals surface area contributed by atoms with E-state index in [2.05, 4.69) is 19.1 Å². The lowest BCUT2D eigenvalue weighted by atomic mass is 9.95. The van der Waals surface area contributed by atoms with E-state index in [-0.39, 0.29) is 30.4 Å². The van der Waals surface area contributed by atoms with Crippen LogP contribution in [0.1, 0.15) is 80.0 Å². The summed E-state index contributed by atoms with van der Waals surface area (Å²) in [5, 5.41) is 5.51. The number of carbonyl (C=O) groups excluding carboxylic acids is 2. The van der Waals surface area contributed by atoms with E-state index in [0.717, 1.165) is 62.7 Å². The Morgan fingerprint density at radius 1 is 1.05 bits per heavy atom. The molecule has 3 aromatic rings. The number of unbranched alkanes of at least 4 members (excludes halogenated alkanes) is 2. The molecule has 37 heavy (non-hydrogen) atoms. The summed E-state index contributed by atoms with van der Waals surface area (Å²) < 4.78 is 1.90. The monoisotopic (exact) mass is 518 g/mol. The van der Waals surface area contributed by atoms with Crippen molar-refractivity contribution in [2.45, 2.75) is 64.0 Å². The molecule has 194 valence electrons. The van der Waals surface area contributed by atoms with Crippen LogP contribution in [0.4, 0.5) is 0 Å². The average molecular weight is 519 g/mol. The number of benzene rings is 2. The minimum absolute atomic E-state index is 0.0279. The van der Waals surface area contributed by atoms with Crippen LogP contribution in [0, 0.1) is 0 Å². The van der Waals surface area contributed by atoms with Crippen molar-refractivity contribution in [2.75, 3.05) is 19.6 Å². The van der Waals surface area contributed by atoms with E-state index in [1.165, 1.54) is 5.56 Å². The lowest BCUT2D eigenvalue weighted by molar-refractivity contribution is -0.136. The van der Waals surface area contributed by atoms with Crippen molar-refractivity contribution in [3.05, 3.63) is 76.9 Å². The normalized spacial score (nSPS) is 19.7. The van der Waals surface area contributed by atoms with Gasteiger partial charge in [0.2, 0.25) is 5.91 Å². The van der Waals surface area contributed by atoms with E-state index < -0.39 is 0 Å². The molecule has 0 N–H and O–H groups in total. The fourth-order valence-corrected chi connectivity index (χ4v) is 5.78. The Morgan fingerprint density at radius 2 is 1.84 bits per heavy atom. The highest BCUT2D eigenvalue weighted by Gasteiger charge is 2.36. The maximum Gasteiger partial charge on any atom is 0.272 e. The Balaban J connectivity index is 1.39. The van der Waals surface area contributed by atoms with Crippen molar-refractivity contribution in [2.24, 2.45) is 0 Å². The SMILES string of the molecule is CCCCCC1CN(CC(=O)N2CCCCC2c2ccccc2)C(=O)c2cc(-c3ccc(Cl)cc3)nn21. The van der Waals surface area contributed by atoms with Gasteiger partial charge in [0, 0.05) is 23.7 Å². The van der Waals surface area contributed by atoms with Crippen LogP contribution in [0.25, 0.3) is 11.3 Å². The third-order valence-electron chi connectivity index (χ3n) is 7.63. The van der Waals surface area contributed by atoms with E-state index in [1.807, 2.05) is 58.1 Å². The Kier molecular flexibility index (Phi) is 7.94. The van der Waals surface area contributed by atoms with Gasteiger partial charge in [-0.05, 0) is 49.4 Å². The lowest BCUT2D eigenvalue weighted by Crippen LogP contribution is -2.50. The topological polar surface area (TPSA) is 58.4 Å². The zero-order valence-electron chi connectivity index (χ0n) is 21.5. The number of halogens is 1. The molecule has 0 radical (unpaired) electrons. The van der Waals surface area contributed by atoms with Gasteiger partial charge in [-0.15, -0.1) is 0 Å². The number of hydrogen-bond acceptors (Lipinski definition) is 3. The molecule has 5 rings (SSSR count). The van der Waals surface area contributed by atoms with E-state index >= 15 is 0 Å². The van der Waals surface area contributed by atoms with Crippen LogP contribution in [0.3, 0.4) is 0 Å². The number of piperidine rings is 1. The second kappa shape index (κ2) is 11.5. The molecular weight excluding hydrogens is 484 g/mol. The number of fused-ring (bicyclic) bond motifs is 1. The fourth-order valence-electron chi connectivity index (χ4n) is 5.66. The molecule has 2 aliphatic heterocycles. The van der Waals surface area contributed by atoms with Crippen LogP contribution in [0.2, 0.25) is 5.02 Å². The van der Waals surface area contributed by atoms with Gasteiger partial charge in [-0.1, -0.05) is 80.3 Å². The Hall–Kier alpha value is -3.12. The van der Waals surface area contributed by atoms with Crippen molar-refractivity contribution in [3.63, 3.8) is 0 Å². The van der Waals surface area contributed by atoms with E-state index in [9.17, 15) is 9.59 Å². The number of nitrogens with zero attached hydrogens (tertiary/aromatic N) is 4. The molecule has 2 atom stereocenters. The van der Waals surface area contributed by atoms with Crippen molar-refractivity contribution in [1.29, 1.82) is 0 Å². The van der Waals surface area contributed by atoms with Crippen LogP contribution >= 0.6 is 11.6 Å². The second-order valence-electron chi connectivity index (χ2n) is 10.2. The maximum absolute atomic E-state index is 13.6. The quantitative estimate of drug-likeness (QED) is 0.318. The Morgan fingerprint density at radius 3 is 2.59 bits per heavy atom. The second-order valence-corrected chi connectivity index (χ2v) is 10.6. The summed E-state index contributed by atoms with van der Waals surface area (Å²) in [7, 11) is 0. The highest BCUT2D eigenvalue weighted by Crippen LogP contribution is 2.33. The van der Waals surface area contributed by atoms with Gasteiger partial charge in [-0.3, -0.25) is 14.3 Å². The summed E-state index contributed by atoms with van der Waals surface area (Å²) in [6.07, 6.45) is 7.33. The molecule has 2 aliphatic rings. The van der Waals surface area contributed by atoms with Gasteiger partial charge in [-0.25, -0.2) is 0 Å². The number of rotatable bonds is 8. The number of carbonyl (C=O) groups is 2. The van der Waals surface area contributed by atoms with E-state index in [1.54, 1.807) is 4.90 Å². The summed E-state index contributed by atoms with van der Waals surface area (Å²) in [4.78, 5) is 31.0.